The number of hydrogen-bond acceptors (Lipinski definition) is 5. The summed E-state index contributed by atoms with van der Waals surface area (Å²) in [4.78, 5) is 4.01. The Morgan fingerprint density at radius 2 is 2.05 bits per heavy atom. The Bertz CT molecular complexity index is 482. The van der Waals surface area contributed by atoms with E-state index in [0.717, 1.165) is 0 Å². The number of rotatable bonds is 8. The maximum absolute atomic E-state index is 11.9. The molecule has 0 radical (unpaired) electrons. The topological polar surface area (TPSA) is 84.2 Å². The lowest BCUT2D eigenvalue weighted by Gasteiger charge is -2.12. The van der Waals surface area contributed by atoms with Crippen molar-refractivity contribution in [3.8, 4) is 0 Å². The van der Waals surface area contributed by atoms with Crippen LogP contribution in [0.15, 0.2) is 10.6 Å². The van der Waals surface area contributed by atoms with Gasteiger partial charge in [0.2, 0.25) is 15.9 Å². The van der Waals surface area contributed by atoms with Crippen molar-refractivity contribution in [1.29, 1.82) is 0 Å². The molecule has 0 saturated heterocycles. The number of sulfonamides is 1. The summed E-state index contributed by atoms with van der Waals surface area (Å²) in [7, 11) is -3.31. The Morgan fingerprint density at radius 3 is 2.58 bits per heavy atom. The van der Waals surface area contributed by atoms with Gasteiger partial charge in [0.15, 0.2) is 0 Å². The zero-order chi connectivity index (χ0) is 14.5. The summed E-state index contributed by atoms with van der Waals surface area (Å²) in [6.07, 6.45) is 2.15. The molecule has 1 rings (SSSR count). The van der Waals surface area contributed by atoms with Crippen LogP contribution in [0.2, 0.25) is 0 Å². The van der Waals surface area contributed by atoms with Crippen molar-refractivity contribution in [3.05, 3.63) is 17.8 Å². The van der Waals surface area contributed by atoms with E-state index in [1.54, 1.807) is 20.0 Å². The number of oxazole rings is 1. The molecule has 1 unspecified atom stereocenters. The van der Waals surface area contributed by atoms with Gasteiger partial charge >= 0.3 is 0 Å². The second-order valence-corrected chi connectivity index (χ2v) is 6.80. The van der Waals surface area contributed by atoms with E-state index in [4.69, 9.17) is 4.42 Å². The number of hydrogen-bond donors (Lipinski definition) is 2. The number of aromatic nitrogens is 1. The molecule has 110 valence electrons. The van der Waals surface area contributed by atoms with Gasteiger partial charge in [0.1, 0.15) is 5.76 Å². The highest BCUT2D eigenvalue weighted by Crippen LogP contribution is 2.13. The lowest BCUT2D eigenvalue weighted by Crippen LogP contribution is -2.31. The van der Waals surface area contributed by atoms with Gasteiger partial charge in [0.05, 0.1) is 18.0 Å². The van der Waals surface area contributed by atoms with Gasteiger partial charge in [-0.15, -0.1) is 0 Å². The summed E-state index contributed by atoms with van der Waals surface area (Å²) in [5.41, 5.74) is 0. The first-order chi connectivity index (χ1) is 8.80. The monoisotopic (exact) mass is 289 g/mol. The molecule has 0 aliphatic carbocycles. The Labute approximate surface area is 115 Å². The Balaban J connectivity index is 2.41. The lowest BCUT2D eigenvalue weighted by atomic mass is 10.4. The highest BCUT2D eigenvalue weighted by Gasteiger charge is 2.18. The molecule has 7 heteroatoms. The molecule has 0 saturated carbocycles. The molecule has 0 aliphatic heterocycles. The molecule has 19 heavy (non-hydrogen) atoms. The van der Waals surface area contributed by atoms with Gasteiger partial charge in [-0.25, -0.2) is 18.1 Å². The molecular weight excluding hydrogens is 266 g/mol. The number of nitrogens with zero attached hydrogens (tertiary/aromatic N) is 1. The quantitative estimate of drug-likeness (QED) is 0.706. The highest BCUT2D eigenvalue weighted by molar-refractivity contribution is 7.89. The lowest BCUT2D eigenvalue weighted by molar-refractivity contribution is 0.427. The summed E-state index contributed by atoms with van der Waals surface area (Å²) in [6, 6.07) is -0.0818. The first-order valence-corrected chi connectivity index (χ1v) is 8.11. The molecule has 1 aromatic rings. The van der Waals surface area contributed by atoms with E-state index in [0.29, 0.717) is 30.7 Å². The molecule has 0 aromatic carbocycles. The molecule has 1 aromatic heterocycles. The van der Waals surface area contributed by atoms with Crippen LogP contribution in [-0.4, -0.2) is 31.7 Å². The average Bonchev–Trinajstić information content (AvgIpc) is 2.70. The molecule has 2 N–H and O–H groups in total. The maximum Gasteiger partial charge on any atom is 0.212 e. The second kappa shape index (κ2) is 7.02. The van der Waals surface area contributed by atoms with Gasteiger partial charge in [0, 0.05) is 6.04 Å². The summed E-state index contributed by atoms with van der Waals surface area (Å²) >= 11 is 0. The van der Waals surface area contributed by atoms with Gasteiger partial charge in [0.25, 0.3) is 0 Å². The number of nitrogens with one attached hydrogen (secondary N) is 2. The van der Waals surface area contributed by atoms with Crippen LogP contribution in [-0.2, 0) is 10.0 Å². The van der Waals surface area contributed by atoms with Gasteiger partial charge in [-0.1, -0.05) is 13.8 Å². The van der Waals surface area contributed by atoms with E-state index in [1.165, 1.54) is 0 Å². The van der Waals surface area contributed by atoms with Crippen LogP contribution in [0.25, 0.3) is 0 Å². The third-order valence-corrected chi connectivity index (χ3v) is 4.05. The summed E-state index contributed by atoms with van der Waals surface area (Å²) in [6.45, 7) is 8.23. The molecule has 0 amide bonds. The van der Waals surface area contributed by atoms with E-state index >= 15 is 0 Å². The molecule has 1 heterocycles. The van der Waals surface area contributed by atoms with Crippen molar-refractivity contribution in [2.75, 3.05) is 12.3 Å². The van der Waals surface area contributed by atoms with Crippen molar-refractivity contribution < 1.29 is 12.8 Å². The van der Waals surface area contributed by atoms with E-state index in [-0.39, 0.29) is 5.75 Å². The fraction of sp³-hybridized carbons (Fsp3) is 0.750. The van der Waals surface area contributed by atoms with Crippen LogP contribution < -0.4 is 10.0 Å². The van der Waals surface area contributed by atoms with Crippen LogP contribution >= 0.6 is 0 Å². The molecule has 0 spiro atoms. The SMILES string of the molecule is Cc1cnc(C(C)NS(=O)(=O)CCCNC(C)C)o1. The molecule has 0 aliphatic rings. The fourth-order valence-electron chi connectivity index (χ4n) is 1.60. The van der Waals surface area contributed by atoms with Crippen LogP contribution in [0.5, 0.6) is 0 Å². The minimum atomic E-state index is -3.31. The fourth-order valence-corrected chi connectivity index (χ4v) is 2.89. The van der Waals surface area contributed by atoms with Crippen LogP contribution in [0.3, 0.4) is 0 Å². The van der Waals surface area contributed by atoms with Crippen molar-refractivity contribution in [3.63, 3.8) is 0 Å². The van der Waals surface area contributed by atoms with Crippen molar-refractivity contribution in [2.24, 2.45) is 0 Å². The van der Waals surface area contributed by atoms with Gasteiger partial charge in [-0.05, 0) is 26.8 Å². The minimum absolute atomic E-state index is 0.0940. The molecule has 0 fully saturated rings. The normalized spacial score (nSPS) is 13.9. The smallest absolute Gasteiger partial charge is 0.212 e. The first kappa shape index (κ1) is 16.1. The molecule has 6 nitrogen and oxygen atoms in total. The molecular formula is C12H23N3O3S. The standard InChI is InChI=1S/C12H23N3O3S/c1-9(2)13-6-5-7-19(16,17)15-11(4)12-14-8-10(3)18-12/h8-9,11,13,15H,5-7H2,1-4H3. The average molecular weight is 289 g/mol. The predicted molar refractivity (Wildman–Crippen MR) is 74.3 cm³/mol. The van der Waals surface area contributed by atoms with Crippen molar-refractivity contribution in [2.45, 2.75) is 46.2 Å². The summed E-state index contributed by atoms with van der Waals surface area (Å²) < 4.78 is 31.6. The third kappa shape index (κ3) is 6.17. The zero-order valence-corrected chi connectivity index (χ0v) is 12.8. The van der Waals surface area contributed by atoms with Gasteiger partial charge in [-0.3, -0.25) is 0 Å². The Kier molecular flexibility index (Phi) is 5.96. The van der Waals surface area contributed by atoms with E-state index in [1.807, 2.05) is 13.8 Å². The molecule has 0 bridgehead atoms. The Morgan fingerprint density at radius 1 is 1.37 bits per heavy atom. The highest BCUT2D eigenvalue weighted by atomic mass is 32.2. The maximum atomic E-state index is 11.9. The van der Waals surface area contributed by atoms with Crippen LogP contribution in [0, 0.1) is 6.92 Å². The minimum Gasteiger partial charge on any atom is -0.444 e. The summed E-state index contributed by atoms with van der Waals surface area (Å²) in [5, 5.41) is 3.18. The largest absolute Gasteiger partial charge is 0.444 e. The van der Waals surface area contributed by atoms with E-state index in [2.05, 4.69) is 15.0 Å². The van der Waals surface area contributed by atoms with Crippen molar-refractivity contribution in [1.82, 2.24) is 15.0 Å². The Hall–Kier alpha value is -0.920. The van der Waals surface area contributed by atoms with Crippen LogP contribution in [0.4, 0.5) is 0 Å². The zero-order valence-electron chi connectivity index (χ0n) is 11.9. The second-order valence-electron chi connectivity index (χ2n) is 4.93. The van der Waals surface area contributed by atoms with Crippen molar-refractivity contribution >= 4 is 10.0 Å². The predicted octanol–water partition coefficient (Wildman–Crippen LogP) is 1.35. The van der Waals surface area contributed by atoms with E-state index in [9.17, 15) is 8.42 Å². The van der Waals surface area contributed by atoms with Crippen LogP contribution in [0.1, 0.15) is 44.9 Å². The number of aryl methyl sites for hydroxylation is 1. The first-order valence-electron chi connectivity index (χ1n) is 6.46. The van der Waals surface area contributed by atoms with Gasteiger partial charge in [-0.2, -0.15) is 0 Å². The van der Waals surface area contributed by atoms with Gasteiger partial charge < -0.3 is 9.73 Å². The van der Waals surface area contributed by atoms with E-state index < -0.39 is 16.1 Å². The summed E-state index contributed by atoms with van der Waals surface area (Å²) in [5.74, 6) is 1.15. The molecule has 1 atom stereocenters. The third-order valence-electron chi connectivity index (χ3n) is 2.51.